The van der Waals surface area contributed by atoms with E-state index in [1.54, 1.807) is 0 Å². The van der Waals surface area contributed by atoms with Gasteiger partial charge in [0.15, 0.2) is 5.82 Å². The number of rotatable bonds is 3. The van der Waals surface area contributed by atoms with Crippen LogP contribution in [-0.2, 0) is 6.42 Å². The van der Waals surface area contributed by atoms with Gasteiger partial charge < -0.3 is 9.97 Å². The maximum atomic E-state index is 4.81. The molecule has 3 aromatic heterocycles. The predicted molar refractivity (Wildman–Crippen MR) is 124 cm³/mol. The number of fused-ring (bicyclic) bond motifs is 4. The normalized spacial score (nSPS) is 11.7. The first kappa shape index (κ1) is 17.8. The van der Waals surface area contributed by atoms with Crippen molar-refractivity contribution < 1.29 is 0 Å². The second-order valence-electron chi connectivity index (χ2n) is 7.78. The third kappa shape index (κ3) is 2.95. The van der Waals surface area contributed by atoms with Gasteiger partial charge in [-0.15, -0.1) is 0 Å². The Kier molecular flexibility index (Phi) is 3.86. The molecule has 0 unspecified atom stereocenters. The average molecular weight is 404 g/mol. The molecule has 0 aliphatic rings. The number of aromatic amines is 2. The second kappa shape index (κ2) is 6.74. The summed E-state index contributed by atoms with van der Waals surface area (Å²) in [6.07, 6.45) is 4.63. The Morgan fingerprint density at radius 2 is 1.68 bits per heavy atom. The van der Waals surface area contributed by atoms with E-state index in [2.05, 4.69) is 69.3 Å². The lowest BCUT2D eigenvalue weighted by atomic mass is 10.0. The maximum Gasteiger partial charge on any atom is 0.159 e. The molecular weight excluding hydrogens is 384 g/mol. The summed E-state index contributed by atoms with van der Waals surface area (Å²) in [5.41, 5.74) is 6.07. The number of hydrogen-bond acceptors (Lipinski definition) is 4. The highest BCUT2D eigenvalue weighted by atomic mass is 14.9. The Morgan fingerprint density at radius 3 is 2.52 bits per heavy atom. The highest BCUT2D eigenvalue weighted by Gasteiger charge is 2.10. The zero-order valence-corrected chi connectivity index (χ0v) is 17.3. The first-order valence-corrected chi connectivity index (χ1v) is 10.4. The van der Waals surface area contributed by atoms with Gasteiger partial charge in [0.25, 0.3) is 0 Å². The number of aryl methyl sites for hydroxylation is 2. The van der Waals surface area contributed by atoms with Crippen molar-refractivity contribution in [3.05, 3.63) is 72.6 Å². The largest absolute Gasteiger partial charge is 0.342 e. The van der Waals surface area contributed by atoms with Gasteiger partial charge in [-0.3, -0.25) is 0 Å². The number of H-pyrrole nitrogens is 2. The SMILES string of the molecule is CCc1nc2c(ccc3cc(-c4ncc5cc(-c6cnc(C)[nH]6)ccc5n4)ccc32)[nH]1. The molecule has 0 radical (unpaired) electrons. The molecule has 3 aromatic carbocycles. The number of nitrogens with one attached hydrogen (secondary N) is 2. The zero-order valence-electron chi connectivity index (χ0n) is 17.3. The van der Waals surface area contributed by atoms with E-state index in [0.717, 1.165) is 73.4 Å². The van der Waals surface area contributed by atoms with Gasteiger partial charge in [0.2, 0.25) is 0 Å². The Bertz CT molecular complexity index is 1590. The van der Waals surface area contributed by atoms with E-state index in [-0.39, 0.29) is 0 Å². The van der Waals surface area contributed by atoms with Crippen LogP contribution in [-0.4, -0.2) is 29.9 Å². The van der Waals surface area contributed by atoms with Crippen LogP contribution >= 0.6 is 0 Å². The predicted octanol–water partition coefficient (Wildman–Crippen LogP) is 5.59. The van der Waals surface area contributed by atoms with Crippen molar-refractivity contribution in [2.75, 3.05) is 0 Å². The second-order valence-corrected chi connectivity index (χ2v) is 7.78. The van der Waals surface area contributed by atoms with Gasteiger partial charge in [-0.25, -0.2) is 19.9 Å². The quantitative estimate of drug-likeness (QED) is 0.403. The van der Waals surface area contributed by atoms with E-state index in [9.17, 15) is 0 Å². The number of imidazole rings is 2. The van der Waals surface area contributed by atoms with Gasteiger partial charge in [-0.1, -0.05) is 31.2 Å². The fourth-order valence-corrected chi connectivity index (χ4v) is 4.07. The highest BCUT2D eigenvalue weighted by molar-refractivity contribution is 6.05. The van der Waals surface area contributed by atoms with E-state index < -0.39 is 0 Å². The summed E-state index contributed by atoms with van der Waals surface area (Å²) in [6.45, 7) is 4.05. The molecule has 0 aliphatic carbocycles. The number of nitrogens with zero attached hydrogens (tertiary/aromatic N) is 4. The lowest BCUT2D eigenvalue weighted by molar-refractivity contribution is 1.00. The summed E-state index contributed by atoms with van der Waals surface area (Å²) in [7, 11) is 0. The number of hydrogen-bond donors (Lipinski definition) is 2. The molecule has 31 heavy (non-hydrogen) atoms. The van der Waals surface area contributed by atoms with E-state index in [0.29, 0.717) is 0 Å². The van der Waals surface area contributed by atoms with Gasteiger partial charge in [0.05, 0.1) is 28.4 Å². The van der Waals surface area contributed by atoms with Crippen molar-refractivity contribution in [3.63, 3.8) is 0 Å². The van der Waals surface area contributed by atoms with E-state index in [4.69, 9.17) is 9.97 Å². The van der Waals surface area contributed by atoms with Crippen molar-refractivity contribution in [1.29, 1.82) is 0 Å². The standard InChI is InChI=1S/C25H20N6/c1-3-23-29-21-9-5-15-10-17(4-7-19(15)24(21)31-23)25-27-12-18-11-16(6-8-20(18)30-25)22-13-26-14(2)28-22/h4-13H,3H2,1-2H3,(H,26,28)(H,29,31). The molecular formula is C25H20N6. The first-order chi connectivity index (χ1) is 15.2. The van der Waals surface area contributed by atoms with Crippen molar-refractivity contribution in [3.8, 4) is 22.6 Å². The van der Waals surface area contributed by atoms with E-state index >= 15 is 0 Å². The molecule has 0 atom stereocenters. The molecule has 0 bridgehead atoms. The Hall–Kier alpha value is -4.06. The lowest BCUT2D eigenvalue weighted by Crippen LogP contribution is -1.91. The minimum atomic E-state index is 0.718. The van der Waals surface area contributed by atoms with Crippen molar-refractivity contribution in [2.24, 2.45) is 0 Å². The number of benzene rings is 3. The molecule has 0 spiro atoms. The highest BCUT2D eigenvalue weighted by Crippen LogP contribution is 2.29. The monoisotopic (exact) mass is 404 g/mol. The van der Waals surface area contributed by atoms with Crippen LogP contribution in [0.15, 0.2) is 60.9 Å². The molecule has 0 amide bonds. The van der Waals surface area contributed by atoms with Crippen LogP contribution in [0.25, 0.3) is 55.4 Å². The fraction of sp³-hybridized carbons (Fsp3) is 0.120. The maximum absolute atomic E-state index is 4.81. The van der Waals surface area contributed by atoms with Crippen LogP contribution in [0.1, 0.15) is 18.6 Å². The summed E-state index contributed by atoms with van der Waals surface area (Å²) in [4.78, 5) is 25.1. The molecule has 2 N–H and O–H groups in total. The summed E-state index contributed by atoms with van der Waals surface area (Å²) in [5, 5.41) is 3.27. The molecule has 0 saturated heterocycles. The molecule has 0 fully saturated rings. The summed E-state index contributed by atoms with van der Waals surface area (Å²) < 4.78 is 0. The van der Waals surface area contributed by atoms with Crippen LogP contribution in [0.2, 0.25) is 0 Å². The fourth-order valence-electron chi connectivity index (χ4n) is 4.07. The molecule has 6 heteroatoms. The van der Waals surface area contributed by atoms with Crippen LogP contribution in [0, 0.1) is 6.92 Å². The minimum Gasteiger partial charge on any atom is -0.342 e. The van der Waals surface area contributed by atoms with Gasteiger partial charge in [-0.05, 0) is 36.6 Å². The average Bonchev–Trinajstić information content (AvgIpc) is 3.44. The van der Waals surface area contributed by atoms with E-state index in [1.807, 2.05) is 25.4 Å². The molecule has 0 aliphatic heterocycles. The first-order valence-electron chi connectivity index (χ1n) is 10.4. The summed E-state index contributed by atoms with van der Waals surface area (Å²) >= 11 is 0. The van der Waals surface area contributed by atoms with Crippen molar-refractivity contribution >= 4 is 32.7 Å². The zero-order chi connectivity index (χ0) is 20.9. The van der Waals surface area contributed by atoms with Gasteiger partial charge in [0.1, 0.15) is 11.6 Å². The molecule has 3 heterocycles. The van der Waals surface area contributed by atoms with Crippen LogP contribution in [0.3, 0.4) is 0 Å². The van der Waals surface area contributed by atoms with Crippen LogP contribution in [0.4, 0.5) is 0 Å². The van der Waals surface area contributed by atoms with Crippen LogP contribution < -0.4 is 0 Å². The molecule has 6 aromatic rings. The van der Waals surface area contributed by atoms with Crippen LogP contribution in [0.5, 0.6) is 0 Å². The van der Waals surface area contributed by atoms with Gasteiger partial charge in [-0.2, -0.15) is 0 Å². The topological polar surface area (TPSA) is 83.1 Å². The van der Waals surface area contributed by atoms with Gasteiger partial charge >= 0.3 is 0 Å². The Labute approximate surface area is 178 Å². The molecule has 0 saturated carbocycles. The third-order valence-corrected chi connectivity index (χ3v) is 5.70. The summed E-state index contributed by atoms with van der Waals surface area (Å²) in [5.74, 6) is 2.63. The lowest BCUT2D eigenvalue weighted by Gasteiger charge is -2.06. The molecule has 150 valence electrons. The summed E-state index contributed by atoms with van der Waals surface area (Å²) in [6, 6.07) is 16.7. The number of aromatic nitrogens is 6. The Balaban J connectivity index is 1.42. The van der Waals surface area contributed by atoms with Crippen molar-refractivity contribution in [1.82, 2.24) is 29.9 Å². The minimum absolute atomic E-state index is 0.718. The smallest absolute Gasteiger partial charge is 0.159 e. The Morgan fingerprint density at radius 1 is 0.806 bits per heavy atom. The molecule has 6 rings (SSSR count). The van der Waals surface area contributed by atoms with E-state index in [1.165, 1.54) is 0 Å². The molecule has 6 nitrogen and oxygen atoms in total. The van der Waals surface area contributed by atoms with Gasteiger partial charge in [0, 0.05) is 34.5 Å². The third-order valence-electron chi connectivity index (χ3n) is 5.70. The van der Waals surface area contributed by atoms with Crippen molar-refractivity contribution in [2.45, 2.75) is 20.3 Å².